The predicted octanol–water partition coefficient (Wildman–Crippen LogP) is 2.45. The van der Waals surface area contributed by atoms with Gasteiger partial charge >= 0.3 is 0 Å². The monoisotopic (exact) mass is 294 g/mol. The average Bonchev–Trinajstić information content (AvgIpc) is 2.66. The second kappa shape index (κ2) is 5.81. The largest absolute Gasteiger partial charge is 0.388 e. The highest BCUT2D eigenvalue weighted by Gasteiger charge is 2.23. The summed E-state index contributed by atoms with van der Waals surface area (Å²) in [6, 6.07) is 3.58. The van der Waals surface area contributed by atoms with Crippen LogP contribution in [0.25, 0.3) is 0 Å². The molecular weight excluding hydrogens is 276 g/mol. The Morgan fingerprint density at radius 3 is 2.75 bits per heavy atom. The highest BCUT2D eigenvalue weighted by Crippen LogP contribution is 2.32. The lowest BCUT2D eigenvalue weighted by molar-refractivity contribution is 0.177. The summed E-state index contributed by atoms with van der Waals surface area (Å²) >= 11 is 6.25. The molecule has 0 saturated heterocycles. The van der Waals surface area contributed by atoms with Crippen LogP contribution in [-0.2, 0) is 13.5 Å². The fourth-order valence-corrected chi connectivity index (χ4v) is 2.48. The minimum absolute atomic E-state index is 0.195. The van der Waals surface area contributed by atoms with E-state index in [0.717, 1.165) is 11.3 Å². The van der Waals surface area contributed by atoms with Crippen molar-refractivity contribution in [2.45, 2.75) is 32.3 Å². The molecule has 0 amide bonds. The lowest BCUT2D eigenvalue weighted by atomic mass is 9.98. The van der Waals surface area contributed by atoms with Crippen LogP contribution in [0.2, 0.25) is 5.15 Å². The van der Waals surface area contributed by atoms with Crippen LogP contribution in [0, 0.1) is 0 Å². The van der Waals surface area contributed by atoms with E-state index in [2.05, 4.69) is 10.1 Å². The van der Waals surface area contributed by atoms with Gasteiger partial charge in [0.2, 0.25) is 0 Å². The number of rotatable bonds is 4. The Labute approximate surface area is 123 Å². The molecule has 0 aliphatic carbocycles. The van der Waals surface area contributed by atoms with Crippen LogP contribution >= 0.6 is 11.6 Å². The van der Waals surface area contributed by atoms with Crippen molar-refractivity contribution in [2.75, 3.05) is 5.73 Å². The van der Waals surface area contributed by atoms with Crippen LogP contribution in [-0.4, -0.2) is 19.9 Å². The highest BCUT2D eigenvalue weighted by atomic mass is 35.5. The third-order valence-corrected chi connectivity index (χ3v) is 3.64. The number of anilines is 1. The molecule has 0 spiro atoms. The van der Waals surface area contributed by atoms with Crippen LogP contribution in [0.1, 0.15) is 42.7 Å². The van der Waals surface area contributed by atoms with Crippen LogP contribution in [0.15, 0.2) is 18.3 Å². The maximum atomic E-state index is 10.5. The number of hydrogen-bond donors (Lipinski definition) is 2. The maximum Gasteiger partial charge on any atom is 0.132 e. The number of aliphatic hydroxyl groups excluding tert-OH is 1. The number of nitrogens with zero attached hydrogens (tertiary/aromatic N) is 3. The first-order valence-electron chi connectivity index (χ1n) is 6.51. The molecule has 0 fully saturated rings. The first-order chi connectivity index (χ1) is 9.40. The third kappa shape index (κ3) is 2.94. The SMILES string of the molecule is CC(C)c1nn(C)c(Cl)c1C(O)Cc1ccnc(N)c1. The number of pyridine rings is 1. The Bertz CT molecular complexity index is 609. The summed E-state index contributed by atoms with van der Waals surface area (Å²) in [6.45, 7) is 4.05. The molecule has 2 aromatic rings. The van der Waals surface area contributed by atoms with Gasteiger partial charge in [-0.1, -0.05) is 25.4 Å². The number of aliphatic hydroxyl groups is 1. The molecule has 3 N–H and O–H groups in total. The van der Waals surface area contributed by atoms with Crippen molar-refractivity contribution in [1.29, 1.82) is 0 Å². The van der Waals surface area contributed by atoms with Gasteiger partial charge in [0.15, 0.2) is 0 Å². The van der Waals surface area contributed by atoms with E-state index in [0.29, 0.717) is 23.0 Å². The van der Waals surface area contributed by atoms with Crippen molar-refractivity contribution in [2.24, 2.45) is 7.05 Å². The summed E-state index contributed by atoms with van der Waals surface area (Å²) in [6.07, 6.45) is 1.35. The average molecular weight is 295 g/mol. The summed E-state index contributed by atoms with van der Waals surface area (Å²) in [5.41, 5.74) is 8.09. The van der Waals surface area contributed by atoms with Crippen LogP contribution < -0.4 is 5.73 Å². The van der Waals surface area contributed by atoms with Gasteiger partial charge in [0.05, 0.1) is 11.8 Å². The molecule has 0 bridgehead atoms. The summed E-state index contributed by atoms with van der Waals surface area (Å²) < 4.78 is 1.59. The molecule has 5 nitrogen and oxygen atoms in total. The molecule has 2 aromatic heterocycles. The molecule has 20 heavy (non-hydrogen) atoms. The molecule has 2 rings (SSSR count). The van der Waals surface area contributed by atoms with Gasteiger partial charge in [0.1, 0.15) is 11.0 Å². The van der Waals surface area contributed by atoms with Gasteiger partial charge in [-0.05, 0) is 23.6 Å². The molecule has 0 aliphatic heterocycles. The highest BCUT2D eigenvalue weighted by molar-refractivity contribution is 6.30. The van der Waals surface area contributed by atoms with Gasteiger partial charge < -0.3 is 10.8 Å². The first-order valence-corrected chi connectivity index (χ1v) is 6.88. The fraction of sp³-hybridized carbons (Fsp3) is 0.429. The molecule has 0 saturated carbocycles. The molecule has 1 unspecified atom stereocenters. The van der Waals surface area contributed by atoms with E-state index in [9.17, 15) is 5.11 Å². The Hall–Kier alpha value is -1.59. The minimum Gasteiger partial charge on any atom is -0.388 e. The van der Waals surface area contributed by atoms with Crippen molar-refractivity contribution >= 4 is 17.4 Å². The minimum atomic E-state index is -0.713. The summed E-state index contributed by atoms with van der Waals surface area (Å²) in [5, 5.41) is 15.3. The Balaban J connectivity index is 2.31. The zero-order valence-corrected chi connectivity index (χ0v) is 12.6. The molecule has 0 radical (unpaired) electrons. The first kappa shape index (κ1) is 14.8. The number of nitrogens with two attached hydrogens (primary N) is 1. The smallest absolute Gasteiger partial charge is 0.132 e. The number of hydrogen-bond acceptors (Lipinski definition) is 4. The van der Waals surface area contributed by atoms with E-state index >= 15 is 0 Å². The molecule has 0 aliphatic rings. The molecule has 1 atom stereocenters. The van der Waals surface area contributed by atoms with Gasteiger partial charge in [-0.3, -0.25) is 4.68 Å². The van der Waals surface area contributed by atoms with Crippen molar-refractivity contribution in [1.82, 2.24) is 14.8 Å². The number of aromatic nitrogens is 3. The Kier molecular flexibility index (Phi) is 4.30. The second-order valence-electron chi connectivity index (χ2n) is 5.18. The number of nitrogen functional groups attached to an aromatic ring is 1. The van der Waals surface area contributed by atoms with Gasteiger partial charge in [-0.2, -0.15) is 5.10 Å². The van der Waals surface area contributed by atoms with E-state index in [-0.39, 0.29) is 5.92 Å². The Morgan fingerprint density at radius 1 is 1.45 bits per heavy atom. The third-order valence-electron chi connectivity index (χ3n) is 3.19. The van der Waals surface area contributed by atoms with Crippen molar-refractivity contribution in [3.63, 3.8) is 0 Å². The van der Waals surface area contributed by atoms with E-state index in [4.69, 9.17) is 17.3 Å². The fourth-order valence-electron chi connectivity index (χ4n) is 2.22. The van der Waals surface area contributed by atoms with Crippen LogP contribution in [0.5, 0.6) is 0 Å². The van der Waals surface area contributed by atoms with E-state index in [1.165, 1.54) is 0 Å². The summed E-state index contributed by atoms with van der Waals surface area (Å²) in [4.78, 5) is 3.94. The van der Waals surface area contributed by atoms with Crippen molar-refractivity contribution < 1.29 is 5.11 Å². The van der Waals surface area contributed by atoms with E-state index < -0.39 is 6.10 Å². The van der Waals surface area contributed by atoms with E-state index in [1.807, 2.05) is 19.9 Å². The maximum absolute atomic E-state index is 10.5. The van der Waals surface area contributed by atoms with Gasteiger partial charge in [-0.25, -0.2) is 4.98 Å². The zero-order chi connectivity index (χ0) is 14.9. The lowest BCUT2D eigenvalue weighted by Gasteiger charge is -2.13. The quantitative estimate of drug-likeness (QED) is 0.908. The zero-order valence-electron chi connectivity index (χ0n) is 11.8. The second-order valence-corrected chi connectivity index (χ2v) is 5.53. The van der Waals surface area contributed by atoms with E-state index in [1.54, 1.807) is 24.0 Å². The number of halogens is 1. The molecule has 0 aromatic carbocycles. The number of aryl methyl sites for hydroxylation is 1. The topological polar surface area (TPSA) is 77.0 Å². The van der Waals surface area contributed by atoms with Gasteiger partial charge in [0.25, 0.3) is 0 Å². The predicted molar refractivity (Wildman–Crippen MR) is 79.6 cm³/mol. The Morgan fingerprint density at radius 2 is 2.15 bits per heavy atom. The molecule has 2 heterocycles. The van der Waals surface area contributed by atoms with Crippen molar-refractivity contribution in [3.8, 4) is 0 Å². The normalized spacial score (nSPS) is 12.9. The van der Waals surface area contributed by atoms with Gasteiger partial charge in [0, 0.05) is 25.2 Å². The standard InChI is InChI=1S/C14H19ClN4O/c1-8(2)13-12(14(15)19(3)18-13)10(20)6-9-4-5-17-11(16)7-9/h4-5,7-8,10,20H,6H2,1-3H3,(H2,16,17). The summed E-state index contributed by atoms with van der Waals surface area (Å²) in [5.74, 6) is 0.636. The molecule has 108 valence electrons. The van der Waals surface area contributed by atoms with Crippen LogP contribution in [0.3, 0.4) is 0 Å². The van der Waals surface area contributed by atoms with Gasteiger partial charge in [-0.15, -0.1) is 0 Å². The lowest BCUT2D eigenvalue weighted by Crippen LogP contribution is -2.06. The van der Waals surface area contributed by atoms with Crippen molar-refractivity contribution in [3.05, 3.63) is 40.3 Å². The molecule has 6 heteroatoms. The summed E-state index contributed by atoms with van der Waals surface area (Å²) in [7, 11) is 1.77. The van der Waals surface area contributed by atoms with Crippen LogP contribution in [0.4, 0.5) is 5.82 Å². The molecular formula is C14H19ClN4O.